The van der Waals surface area contributed by atoms with Crippen LogP contribution in [0.15, 0.2) is 46.0 Å². The molecule has 1 aromatic carbocycles. The van der Waals surface area contributed by atoms with E-state index in [0.717, 1.165) is 11.3 Å². The summed E-state index contributed by atoms with van der Waals surface area (Å²) in [5, 5.41) is 4.61. The first-order chi connectivity index (χ1) is 13.0. The number of hydrogen-bond donors (Lipinski definition) is 1. The van der Waals surface area contributed by atoms with Crippen molar-refractivity contribution in [1.82, 2.24) is 9.62 Å². The zero-order valence-corrected chi connectivity index (χ0v) is 16.9. The van der Waals surface area contributed by atoms with Crippen molar-refractivity contribution < 1.29 is 17.9 Å². The lowest BCUT2D eigenvalue weighted by atomic mass is 9.99. The van der Waals surface area contributed by atoms with Gasteiger partial charge in [0.15, 0.2) is 0 Å². The zero-order chi connectivity index (χ0) is 19.3. The van der Waals surface area contributed by atoms with E-state index in [1.165, 1.54) is 15.6 Å². The molecule has 0 saturated carbocycles. The van der Waals surface area contributed by atoms with E-state index in [2.05, 4.69) is 5.32 Å². The fourth-order valence-corrected chi connectivity index (χ4v) is 5.77. The van der Waals surface area contributed by atoms with E-state index in [1.807, 2.05) is 31.2 Å². The topological polar surface area (TPSA) is 75.7 Å². The highest BCUT2D eigenvalue weighted by atomic mass is 32.2. The fraction of sp³-hybridized carbons (Fsp3) is 0.421. The van der Waals surface area contributed by atoms with Crippen LogP contribution in [0.5, 0.6) is 5.75 Å². The Morgan fingerprint density at radius 2 is 2.19 bits per heavy atom. The molecule has 8 heteroatoms. The molecule has 1 N–H and O–H groups in total. The standard InChI is InChI=1S/C19H24N2O4S2/c1-15-5-2-7-17(13-15)25-11-9-20-19(22)16-6-3-10-21(14-16)27(23,24)18-8-4-12-26-18/h2,4-5,7-8,12-13,16H,3,6,9-11,14H2,1H3,(H,20,22)/t16-/m1/s1. The smallest absolute Gasteiger partial charge is 0.252 e. The summed E-state index contributed by atoms with van der Waals surface area (Å²) in [5.41, 5.74) is 1.12. The van der Waals surface area contributed by atoms with Crippen LogP contribution in [0.3, 0.4) is 0 Å². The fourth-order valence-electron chi connectivity index (χ4n) is 3.10. The average molecular weight is 409 g/mol. The molecule has 0 bridgehead atoms. The summed E-state index contributed by atoms with van der Waals surface area (Å²) in [6.45, 7) is 3.44. The average Bonchev–Trinajstić information content (AvgIpc) is 3.21. The van der Waals surface area contributed by atoms with Crippen LogP contribution in [0.25, 0.3) is 0 Å². The number of carbonyl (C=O) groups is 1. The normalized spacial score (nSPS) is 18.2. The Labute approximate surface area is 164 Å². The molecule has 3 rings (SSSR count). The number of nitrogens with zero attached hydrogens (tertiary/aromatic N) is 1. The molecule has 1 fully saturated rings. The van der Waals surface area contributed by atoms with Gasteiger partial charge < -0.3 is 10.1 Å². The second-order valence-corrected chi connectivity index (χ2v) is 9.70. The summed E-state index contributed by atoms with van der Waals surface area (Å²) < 4.78 is 32.7. The second kappa shape index (κ2) is 8.86. The summed E-state index contributed by atoms with van der Waals surface area (Å²) >= 11 is 1.20. The molecule has 6 nitrogen and oxygen atoms in total. The van der Waals surface area contributed by atoms with Crippen molar-refractivity contribution in [1.29, 1.82) is 0 Å². The molecule has 146 valence electrons. The van der Waals surface area contributed by atoms with Crippen molar-refractivity contribution in [3.05, 3.63) is 47.3 Å². The number of amides is 1. The third-order valence-corrected chi connectivity index (χ3v) is 7.74. The summed E-state index contributed by atoms with van der Waals surface area (Å²) in [4.78, 5) is 12.4. The maximum Gasteiger partial charge on any atom is 0.252 e. The molecule has 0 aliphatic carbocycles. The molecule has 2 heterocycles. The number of thiophene rings is 1. The number of benzene rings is 1. The third kappa shape index (κ3) is 5.09. The second-order valence-electron chi connectivity index (χ2n) is 6.59. The summed E-state index contributed by atoms with van der Waals surface area (Å²) in [5.74, 6) is 0.330. The highest BCUT2D eigenvalue weighted by molar-refractivity contribution is 7.91. The molecule has 1 aliphatic heterocycles. The number of piperidine rings is 1. The van der Waals surface area contributed by atoms with Gasteiger partial charge in [-0.15, -0.1) is 11.3 Å². The van der Waals surface area contributed by atoms with E-state index in [0.29, 0.717) is 36.7 Å². The predicted octanol–water partition coefficient (Wildman–Crippen LogP) is 2.65. The van der Waals surface area contributed by atoms with Gasteiger partial charge in [-0.25, -0.2) is 8.42 Å². The molecule has 0 unspecified atom stereocenters. The van der Waals surface area contributed by atoms with Gasteiger partial charge in [0.1, 0.15) is 16.6 Å². The van der Waals surface area contributed by atoms with E-state index < -0.39 is 10.0 Å². The van der Waals surface area contributed by atoms with Crippen molar-refractivity contribution in [3.8, 4) is 5.75 Å². The minimum absolute atomic E-state index is 0.117. The minimum atomic E-state index is -3.50. The van der Waals surface area contributed by atoms with E-state index in [9.17, 15) is 13.2 Å². The monoisotopic (exact) mass is 408 g/mol. The van der Waals surface area contributed by atoms with Crippen LogP contribution < -0.4 is 10.1 Å². The number of ether oxygens (including phenoxy) is 1. The Morgan fingerprint density at radius 3 is 2.93 bits per heavy atom. The largest absolute Gasteiger partial charge is 0.492 e. The van der Waals surface area contributed by atoms with Crippen molar-refractivity contribution in [3.63, 3.8) is 0 Å². The van der Waals surface area contributed by atoms with Gasteiger partial charge in [-0.1, -0.05) is 18.2 Å². The molecule has 0 spiro atoms. The Hall–Kier alpha value is -1.90. The molecule has 1 saturated heterocycles. The van der Waals surface area contributed by atoms with Crippen LogP contribution in [0.2, 0.25) is 0 Å². The lowest BCUT2D eigenvalue weighted by molar-refractivity contribution is -0.126. The molecule has 1 atom stereocenters. The number of sulfonamides is 1. The van der Waals surface area contributed by atoms with Crippen LogP contribution in [0, 0.1) is 12.8 Å². The van der Waals surface area contributed by atoms with Gasteiger partial charge in [-0.2, -0.15) is 4.31 Å². The van der Waals surface area contributed by atoms with Gasteiger partial charge in [0, 0.05) is 13.1 Å². The van der Waals surface area contributed by atoms with Crippen molar-refractivity contribution in [2.24, 2.45) is 5.92 Å². The Morgan fingerprint density at radius 1 is 1.33 bits per heavy atom. The molecular weight excluding hydrogens is 384 g/mol. The van der Waals surface area contributed by atoms with Crippen LogP contribution in [-0.4, -0.2) is 44.9 Å². The first-order valence-corrected chi connectivity index (χ1v) is 11.3. The van der Waals surface area contributed by atoms with Crippen molar-refractivity contribution >= 4 is 27.3 Å². The molecule has 0 radical (unpaired) electrons. The van der Waals surface area contributed by atoms with E-state index in [4.69, 9.17) is 4.74 Å². The molecule has 1 aliphatic rings. The lowest BCUT2D eigenvalue weighted by Crippen LogP contribution is -2.45. The van der Waals surface area contributed by atoms with Gasteiger partial charge in [0.2, 0.25) is 5.91 Å². The number of hydrogen-bond acceptors (Lipinski definition) is 5. The maximum atomic E-state index is 12.6. The number of aryl methyl sites for hydroxylation is 1. The molecule has 1 aromatic heterocycles. The van der Waals surface area contributed by atoms with Crippen LogP contribution in [-0.2, 0) is 14.8 Å². The van der Waals surface area contributed by atoms with E-state index in [1.54, 1.807) is 17.5 Å². The lowest BCUT2D eigenvalue weighted by Gasteiger charge is -2.30. The van der Waals surface area contributed by atoms with Crippen molar-refractivity contribution in [2.45, 2.75) is 24.0 Å². The van der Waals surface area contributed by atoms with Gasteiger partial charge >= 0.3 is 0 Å². The zero-order valence-electron chi connectivity index (χ0n) is 15.3. The Bertz CT molecular complexity index is 866. The SMILES string of the molecule is Cc1cccc(OCCNC(=O)[C@@H]2CCCN(S(=O)(=O)c3cccs3)C2)c1. The maximum absolute atomic E-state index is 12.6. The number of carbonyl (C=O) groups excluding carboxylic acids is 1. The molecule has 1 amide bonds. The van der Waals surface area contributed by atoms with E-state index >= 15 is 0 Å². The highest BCUT2D eigenvalue weighted by Crippen LogP contribution is 2.26. The van der Waals surface area contributed by atoms with Crippen LogP contribution in [0.4, 0.5) is 0 Å². The first kappa shape index (κ1) is 19.9. The number of rotatable bonds is 7. The van der Waals surface area contributed by atoms with Gasteiger partial charge in [-0.05, 0) is 48.9 Å². The van der Waals surface area contributed by atoms with Crippen LogP contribution in [0.1, 0.15) is 18.4 Å². The third-order valence-electron chi connectivity index (χ3n) is 4.50. The summed E-state index contributed by atoms with van der Waals surface area (Å²) in [6, 6.07) is 11.1. The Kier molecular flexibility index (Phi) is 6.51. The first-order valence-electron chi connectivity index (χ1n) is 8.97. The van der Waals surface area contributed by atoms with Gasteiger partial charge in [0.25, 0.3) is 10.0 Å². The molecule has 2 aromatic rings. The van der Waals surface area contributed by atoms with Crippen LogP contribution >= 0.6 is 11.3 Å². The molecular formula is C19H24N2O4S2. The number of nitrogens with one attached hydrogen (secondary N) is 1. The van der Waals surface area contributed by atoms with Crippen molar-refractivity contribution in [2.75, 3.05) is 26.2 Å². The van der Waals surface area contributed by atoms with E-state index in [-0.39, 0.29) is 18.4 Å². The predicted molar refractivity (Wildman–Crippen MR) is 105 cm³/mol. The summed E-state index contributed by atoms with van der Waals surface area (Å²) in [7, 11) is -3.50. The minimum Gasteiger partial charge on any atom is -0.492 e. The summed E-state index contributed by atoms with van der Waals surface area (Å²) in [6.07, 6.45) is 1.38. The van der Waals surface area contributed by atoms with Gasteiger partial charge in [0.05, 0.1) is 12.5 Å². The highest BCUT2D eigenvalue weighted by Gasteiger charge is 2.33. The molecule has 27 heavy (non-hydrogen) atoms. The Balaban J connectivity index is 1.48. The van der Waals surface area contributed by atoms with Gasteiger partial charge in [-0.3, -0.25) is 4.79 Å². The quantitative estimate of drug-likeness (QED) is 0.715.